The Morgan fingerprint density at radius 3 is 2.78 bits per heavy atom. The molecule has 0 aromatic heterocycles. The van der Waals surface area contributed by atoms with Crippen molar-refractivity contribution in [2.45, 2.75) is 63.0 Å². The van der Waals surface area contributed by atoms with Crippen molar-refractivity contribution in [3.63, 3.8) is 0 Å². The van der Waals surface area contributed by atoms with Crippen LogP contribution in [0.1, 0.15) is 32.6 Å². The second kappa shape index (κ2) is 6.30. The quantitative estimate of drug-likeness (QED) is 0.539. The monoisotopic (exact) mass is 258 g/mol. The van der Waals surface area contributed by atoms with Gasteiger partial charge in [-0.1, -0.05) is 0 Å². The third-order valence-corrected chi connectivity index (χ3v) is 4.15. The lowest BCUT2D eigenvalue weighted by atomic mass is 9.77. The molecule has 2 rings (SSSR count). The Kier molecular flexibility index (Phi) is 4.98. The molecule has 1 aliphatic heterocycles. The summed E-state index contributed by atoms with van der Waals surface area (Å²) in [6.45, 7) is 3.27. The first-order valence-corrected chi connectivity index (χ1v) is 7.03. The average molecular weight is 258 g/mol. The van der Waals surface area contributed by atoms with Gasteiger partial charge in [-0.2, -0.15) is 0 Å². The third-order valence-electron chi connectivity index (χ3n) is 4.15. The van der Waals surface area contributed by atoms with Gasteiger partial charge in [0, 0.05) is 25.2 Å². The number of nitrogens with two attached hydrogens (primary N) is 1. The van der Waals surface area contributed by atoms with Crippen molar-refractivity contribution >= 4 is 0 Å². The maximum Gasteiger partial charge on any atom is 0.107 e. The van der Waals surface area contributed by atoms with Crippen LogP contribution in [0.5, 0.6) is 0 Å². The lowest BCUT2D eigenvalue weighted by molar-refractivity contribution is -0.133. The molecule has 5 heteroatoms. The van der Waals surface area contributed by atoms with Crippen LogP contribution in [0, 0.1) is 5.92 Å². The topological polar surface area (TPSA) is 87.7 Å². The molecule has 5 nitrogen and oxygen atoms in total. The van der Waals surface area contributed by atoms with Crippen LogP contribution in [-0.2, 0) is 4.74 Å². The summed E-state index contributed by atoms with van der Waals surface area (Å²) in [6, 6.07) is 0.804. The summed E-state index contributed by atoms with van der Waals surface area (Å²) >= 11 is 0. The molecule has 0 spiro atoms. The molecule has 2 fully saturated rings. The number of hydrogen-bond acceptors (Lipinski definition) is 5. The van der Waals surface area contributed by atoms with E-state index < -0.39 is 12.2 Å². The lowest BCUT2D eigenvalue weighted by Gasteiger charge is -2.36. The molecule has 18 heavy (non-hydrogen) atoms. The van der Waals surface area contributed by atoms with Gasteiger partial charge in [0.05, 0.1) is 12.2 Å². The zero-order valence-corrected chi connectivity index (χ0v) is 11.1. The van der Waals surface area contributed by atoms with Crippen LogP contribution in [0.25, 0.3) is 0 Å². The molecule has 0 radical (unpaired) electrons. The molecule has 4 atom stereocenters. The molecule has 106 valence electrons. The van der Waals surface area contributed by atoms with Gasteiger partial charge < -0.3 is 26.0 Å². The lowest BCUT2D eigenvalue weighted by Crippen LogP contribution is -2.50. The second-order valence-electron chi connectivity index (χ2n) is 5.90. The highest BCUT2D eigenvalue weighted by Gasteiger charge is 2.32. The van der Waals surface area contributed by atoms with Gasteiger partial charge in [0.2, 0.25) is 0 Å². The first-order valence-electron chi connectivity index (χ1n) is 7.03. The summed E-state index contributed by atoms with van der Waals surface area (Å²) in [5, 5.41) is 22.7. The molecule has 5 N–H and O–H groups in total. The number of rotatable bonds is 5. The molecule has 0 amide bonds. The van der Waals surface area contributed by atoms with Crippen molar-refractivity contribution in [2.24, 2.45) is 11.7 Å². The van der Waals surface area contributed by atoms with E-state index in [1.54, 1.807) is 0 Å². The van der Waals surface area contributed by atoms with Gasteiger partial charge in [-0.3, -0.25) is 0 Å². The second-order valence-corrected chi connectivity index (χ2v) is 5.90. The number of aliphatic hydroxyl groups excluding tert-OH is 2. The van der Waals surface area contributed by atoms with Crippen molar-refractivity contribution in [3.05, 3.63) is 0 Å². The Morgan fingerprint density at radius 2 is 2.11 bits per heavy atom. The highest BCUT2D eigenvalue weighted by Crippen LogP contribution is 2.29. The molecule has 1 aliphatic carbocycles. The van der Waals surface area contributed by atoms with Crippen LogP contribution in [-0.4, -0.2) is 53.8 Å². The van der Waals surface area contributed by atoms with Gasteiger partial charge in [-0.05, 0) is 38.5 Å². The van der Waals surface area contributed by atoms with Crippen molar-refractivity contribution in [1.29, 1.82) is 0 Å². The van der Waals surface area contributed by atoms with Crippen LogP contribution in [0.15, 0.2) is 0 Å². The van der Waals surface area contributed by atoms with Crippen molar-refractivity contribution in [2.75, 3.05) is 13.2 Å². The minimum absolute atomic E-state index is 0.292. The highest BCUT2D eigenvalue weighted by molar-refractivity contribution is 4.86. The predicted molar refractivity (Wildman–Crippen MR) is 69.2 cm³/mol. The smallest absolute Gasteiger partial charge is 0.107 e. The maximum atomic E-state index is 9.79. The molecule has 4 unspecified atom stereocenters. The summed E-state index contributed by atoms with van der Waals surface area (Å²) in [6.07, 6.45) is 2.20. The molecular formula is C13H26N2O3. The fourth-order valence-corrected chi connectivity index (χ4v) is 2.92. The van der Waals surface area contributed by atoms with E-state index in [0.717, 1.165) is 25.2 Å². The zero-order chi connectivity index (χ0) is 13.1. The maximum absolute atomic E-state index is 9.79. The van der Waals surface area contributed by atoms with Crippen LogP contribution >= 0.6 is 0 Å². The molecule has 0 bridgehead atoms. The van der Waals surface area contributed by atoms with Crippen molar-refractivity contribution < 1.29 is 14.9 Å². The van der Waals surface area contributed by atoms with E-state index in [2.05, 4.69) is 12.2 Å². The number of ether oxygens (including phenoxy) is 1. The van der Waals surface area contributed by atoms with E-state index in [4.69, 9.17) is 10.5 Å². The Bertz CT molecular complexity index is 259. The van der Waals surface area contributed by atoms with Gasteiger partial charge >= 0.3 is 0 Å². The van der Waals surface area contributed by atoms with Crippen LogP contribution in [0.3, 0.4) is 0 Å². The first kappa shape index (κ1) is 14.2. The standard InChI is InChI=1S/C13H26N2O3/c1-8(4-9-5-10(14)6-9)15-7-12-13(17)11(16)2-3-18-12/h8-13,15-17H,2-7,14H2,1H3. The summed E-state index contributed by atoms with van der Waals surface area (Å²) < 4.78 is 5.48. The molecular weight excluding hydrogens is 232 g/mol. The minimum Gasteiger partial charge on any atom is -0.390 e. The molecule has 2 aliphatic rings. The molecule has 1 saturated carbocycles. The summed E-state index contributed by atoms with van der Waals surface area (Å²) in [4.78, 5) is 0. The summed E-state index contributed by atoms with van der Waals surface area (Å²) in [5.74, 6) is 0.741. The molecule has 1 heterocycles. The number of aliphatic hydroxyl groups is 2. The van der Waals surface area contributed by atoms with Crippen LogP contribution in [0.4, 0.5) is 0 Å². The minimum atomic E-state index is -0.768. The Morgan fingerprint density at radius 1 is 1.39 bits per heavy atom. The fraction of sp³-hybridized carbons (Fsp3) is 1.00. The summed E-state index contributed by atoms with van der Waals surface area (Å²) in [7, 11) is 0. The van der Waals surface area contributed by atoms with Crippen LogP contribution in [0.2, 0.25) is 0 Å². The Labute approximate surface area is 109 Å². The zero-order valence-electron chi connectivity index (χ0n) is 11.1. The van der Waals surface area contributed by atoms with Crippen molar-refractivity contribution in [1.82, 2.24) is 5.32 Å². The average Bonchev–Trinajstić information content (AvgIpc) is 2.29. The SMILES string of the molecule is CC(CC1CC(N)C1)NCC1OCCC(O)C1O. The predicted octanol–water partition coefficient (Wildman–Crippen LogP) is -0.397. The fourth-order valence-electron chi connectivity index (χ4n) is 2.92. The van der Waals surface area contributed by atoms with Gasteiger partial charge in [-0.25, -0.2) is 0 Å². The number of nitrogens with one attached hydrogen (secondary N) is 1. The highest BCUT2D eigenvalue weighted by atomic mass is 16.5. The third kappa shape index (κ3) is 3.65. The summed E-state index contributed by atoms with van der Waals surface area (Å²) in [5.41, 5.74) is 5.77. The first-order chi connectivity index (χ1) is 8.56. The van der Waals surface area contributed by atoms with Crippen molar-refractivity contribution in [3.8, 4) is 0 Å². The Balaban J connectivity index is 1.64. The Hall–Kier alpha value is -0.200. The van der Waals surface area contributed by atoms with Gasteiger partial charge in [-0.15, -0.1) is 0 Å². The van der Waals surface area contributed by atoms with E-state index in [1.165, 1.54) is 0 Å². The largest absolute Gasteiger partial charge is 0.390 e. The van der Waals surface area contributed by atoms with Gasteiger partial charge in [0.1, 0.15) is 6.10 Å². The van der Waals surface area contributed by atoms with Crippen LogP contribution < -0.4 is 11.1 Å². The number of hydrogen-bond donors (Lipinski definition) is 4. The normalized spacial score (nSPS) is 42.3. The van der Waals surface area contributed by atoms with E-state index in [1.807, 2.05) is 0 Å². The van der Waals surface area contributed by atoms with Gasteiger partial charge in [0.15, 0.2) is 0 Å². The molecule has 1 saturated heterocycles. The molecule has 0 aromatic rings. The van der Waals surface area contributed by atoms with E-state index in [-0.39, 0.29) is 6.10 Å². The van der Waals surface area contributed by atoms with E-state index >= 15 is 0 Å². The molecule has 0 aromatic carbocycles. The van der Waals surface area contributed by atoms with E-state index in [0.29, 0.717) is 31.7 Å². The van der Waals surface area contributed by atoms with Gasteiger partial charge in [0.25, 0.3) is 0 Å². The van der Waals surface area contributed by atoms with E-state index in [9.17, 15) is 10.2 Å².